The van der Waals surface area contributed by atoms with Crippen molar-refractivity contribution >= 4 is 29.2 Å². The number of ketones is 3. The third kappa shape index (κ3) is 7.03. The topological polar surface area (TPSA) is 195 Å². The molecule has 4 N–H and O–H groups in total. The number of methoxy groups -OCH3 is 1. The van der Waals surface area contributed by atoms with E-state index in [1.165, 1.54) is 47.0 Å². The molecule has 0 saturated heterocycles. The number of ether oxygens (including phenoxy) is 4. The highest BCUT2D eigenvalue weighted by Crippen LogP contribution is 2.47. The first-order chi connectivity index (χ1) is 23.4. The van der Waals surface area contributed by atoms with E-state index in [0.717, 1.165) is 12.3 Å². The molecular formula is C37H45NO12. The van der Waals surface area contributed by atoms with Crippen molar-refractivity contribution in [2.24, 2.45) is 23.7 Å². The highest BCUT2D eigenvalue weighted by Gasteiger charge is 2.51. The van der Waals surface area contributed by atoms with Gasteiger partial charge in [-0.25, -0.2) is 0 Å². The van der Waals surface area contributed by atoms with Gasteiger partial charge in [-0.2, -0.15) is 0 Å². The zero-order valence-electron chi connectivity index (χ0n) is 29.6. The number of hydrogen-bond donors (Lipinski definition) is 4. The molecule has 4 aliphatic rings. The van der Waals surface area contributed by atoms with Crippen LogP contribution in [-0.4, -0.2) is 81.9 Å². The Morgan fingerprint density at radius 2 is 1.60 bits per heavy atom. The van der Waals surface area contributed by atoms with Crippen LogP contribution in [0, 0.1) is 30.6 Å². The molecule has 13 heteroatoms. The standard InChI is InChI=1S/C37H45NO12/c1-16-11-10-12-17(2)36(46)38-23-15-24(40)26-27(32(23)44)31(43)21(6)34-28(26)35(45)37(8,50-34)48-14-13-25(47-9)18(3)33(49-22(7)39)20(5)30(42)19(4)29(16)41/h10-16,18-20,25,29-30,33,41-43H,1-9H3,(H,38,46)/b11-10-,14-13?,17-12-/t16-,18+,19+,20+,25-,29?,30+,33+,37-/m0/s1. The fraction of sp³-hybridized carbons (Fsp3) is 0.486. The predicted octanol–water partition coefficient (Wildman–Crippen LogP) is 3.63. The zero-order chi connectivity index (χ0) is 37.4. The van der Waals surface area contributed by atoms with E-state index < -0.39 is 100 Å². The lowest BCUT2D eigenvalue weighted by Gasteiger charge is -2.38. The summed E-state index contributed by atoms with van der Waals surface area (Å²) in [5, 5.41) is 36.1. The van der Waals surface area contributed by atoms with Crippen molar-refractivity contribution < 1.29 is 58.2 Å². The maximum Gasteiger partial charge on any atom is 0.312 e. The zero-order valence-corrected chi connectivity index (χ0v) is 29.6. The molecule has 1 aromatic carbocycles. The van der Waals surface area contributed by atoms with Gasteiger partial charge in [-0.1, -0.05) is 45.9 Å². The van der Waals surface area contributed by atoms with Crippen molar-refractivity contribution in [3.63, 3.8) is 0 Å². The SMILES string of the molecule is CO[C@H]1C=CO[C@@]2(C)Oc3c(C)c(O)c4c(c3C2=O)C(=O)C=C(NC(=O)/C(C)=C\C=C/[C@H](C)C(O)[C@@H](C)[C@@H](O)[C@@H](C)[C@H](OC(C)=O)[C@@H]1C)C4=O. The third-order valence-corrected chi connectivity index (χ3v) is 9.80. The highest BCUT2D eigenvalue weighted by molar-refractivity contribution is 6.30. The lowest BCUT2D eigenvalue weighted by Crippen LogP contribution is -2.46. The first-order valence-electron chi connectivity index (χ1n) is 16.4. The van der Waals surface area contributed by atoms with Crippen molar-refractivity contribution in [2.45, 2.75) is 85.6 Å². The second kappa shape index (κ2) is 14.7. The molecule has 0 radical (unpaired) electrons. The van der Waals surface area contributed by atoms with Crippen molar-refractivity contribution in [1.29, 1.82) is 0 Å². The summed E-state index contributed by atoms with van der Waals surface area (Å²) < 4.78 is 23.1. The van der Waals surface area contributed by atoms with Gasteiger partial charge >= 0.3 is 11.8 Å². The summed E-state index contributed by atoms with van der Waals surface area (Å²) in [7, 11) is 1.42. The average molecular weight is 696 g/mol. The van der Waals surface area contributed by atoms with Crippen LogP contribution in [0.5, 0.6) is 11.5 Å². The number of carbonyl (C=O) groups is 5. The summed E-state index contributed by atoms with van der Waals surface area (Å²) in [5.74, 6) is -8.99. The summed E-state index contributed by atoms with van der Waals surface area (Å²) >= 11 is 0. The Morgan fingerprint density at radius 1 is 0.940 bits per heavy atom. The Labute approximate surface area is 290 Å². The number of phenols is 1. The molecule has 1 unspecified atom stereocenters. The molecule has 3 aliphatic heterocycles. The number of benzene rings is 1. The van der Waals surface area contributed by atoms with E-state index in [1.807, 2.05) is 0 Å². The van der Waals surface area contributed by atoms with Crippen molar-refractivity contribution in [3.8, 4) is 11.5 Å². The number of hydrogen-bond acceptors (Lipinski definition) is 12. The summed E-state index contributed by atoms with van der Waals surface area (Å²) in [6, 6.07) is 0. The highest BCUT2D eigenvalue weighted by atomic mass is 16.7. The van der Waals surface area contributed by atoms with Crippen LogP contribution in [0.4, 0.5) is 0 Å². The molecule has 5 rings (SSSR count). The number of carbonyl (C=O) groups excluding carboxylic acids is 5. The van der Waals surface area contributed by atoms with E-state index in [0.29, 0.717) is 0 Å². The smallest absolute Gasteiger partial charge is 0.312 e. The Kier molecular flexibility index (Phi) is 11.2. The molecule has 0 saturated carbocycles. The van der Waals surface area contributed by atoms with Gasteiger partial charge < -0.3 is 39.6 Å². The first kappa shape index (κ1) is 38.2. The minimum atomic E-state index is -2.03. The normalized spacial score (nSPS) is 33.8. The Balaban J connectivity index is 1.83. The van der Waals surface area contributed by atoms with Crippen LogP contribution in [0.1, 0.15) is 85.1 Å². The summed E-state index contributed by atoms with van der Waals surface area (Å²) in [6.45, 7) is 12.3. The number of aliphatic hydroxyl groups excluding tert-OH is 2. The fourth-order valence-corrected chi connectivity index (χ4v) is 6.62. The summed E-state index contributed by atoms with van der Waals surface area (Å²) in [6.07, 6.45) is 4.31. The number of phenolic OH excluding ortho intramolecular Hbond substituents is 1. The van der Waals surface area contributed by atoms with Gasteiger partial charge in [0.2, 0.25) is 5.78 Å². The van der Waals surface area contributed by atoms with Crippen molar-refractivity contribution in [2.75, 3.05) is 7.11 Å². The molecule has 5 bridgehead atoms. The van der Waals surface area contributed by atoms with E-state index >= 15 is 0 Å². The van der Waals surface area contributed by atoms with Gasteiger partial charge in [0.1, 0.15) is 17.6 Å². The number of Topliss-reactive ketones (excluding diaryl/α,β-unsaturated/α-hetero) is 2. The van der Waals surface area contributed by atoms with Crippen LogP contribution in [0.25, 0.3) is 0 Å². The maximum absolute atomic E-state index is 13.9. The molecule has 1 amide bonds. The number of allylic oxidation sites excluding steroid dienone is 4. The third-order valence-electron chi connectivity index (χ3n) is 9.80. The van der Waals surface area contributed by atoms with E-state index in [2.05, 4.69) is 5.32 Å². The van der Waals surface area contributed by atoms with E-state index in [1.54, 1.807) is 39.8 Å². The molecule has 50 heavy (non-hydrogen) atoms. The second-order valence-electron chi connectivity index (χ2n) is 13.4. The molecule has 9 atom stereocenters. The lowest BCUT2D eigenvalue weighted by atomic mass is 9.78. The summed E-state index contributed by atoms with van der Waals surface area (Å²) in [5.41, 5.74) is -1.31. The quantitative estimate of drug-likeness (QED) is 0.329. The number of esters is 1. The molecule has 0 spiro atoms. The molecule has 3 heterocycles. The Hall–Kier alpha value is -4.59. The van der Waals surface area contributed by atoms with E-state index in [9.17, 15) is 39.3 Å². The van der Waals surface area contributed by atoms with Gasteiger partial charge in [-0.05, 0) is 19.9 Å². The minimum Gasteiger partial charge on any atom is -0.507 e. The molecular weight excluding hydrogens is 650 g/mol. The Morgan fingerprint density at radius 3 is 2.22 bits per heavy atom. The number of amides is 1. The molecule has 1 aromatic rings. The van der Waals surface area contributed by atoms with Crippen LogP contribution in [0.3, 0.4) is 0 Å². The molecule has 270 valence electrons. The van der Waals surface area contributed by atoms with Crippen molar-refractivity contribution in [1.82, 2.24) is 5.32 Å². The molecule has 0 fully saturated rings. The van der Waals surface area contributed by atoms with Gasteiger partial charge in [0.15, 0.2) is 5.78 Å². The van der Waals surface area contributed by atoms with E-state index in [4.69, 9.17) is 18.9 Å². The van der Waals surface area contributed by atoms with Gasteiger partial charge in [0, 0.05) is 61.8 Å². The number of nitrogens with one attached hydrogen (secondary N) is 1. The second-order valence-corrected chi connectivity index (χ2v) is 13.4. The fourth-order valence-electron chi connectivity index (χ4n) is 6.62. The number of rotatable bonds is 2. The van der Waals surface area contributed by atoms with Crippen LogP contribution in [0.2, 0.25) is 0 Å². The van der Waals surface area contributed by atoms with Crippen LogP contribution in [0.15, 0.2) is 47.9 Å². The van der Waals surface area contributed by atoms with Gasteiger partial charge in [-0.15, -0.1) is 0 Å². The number of aromatic hydroxyl groups is 1. The lowest BCUT2D eigenvalue weighted by molar-refractivity contribution is -0.160. The first-order valence-corrected chi connectivity index (χ1v) is 16.4. The van der Waals surface area contributed by atoms with Gasteiger partial charge in [-0.3, -0.25) is 24.0 Å². The van der Waals surface area contributed by atoms with E-state index in [-0.39, 0.29) is 28.0 Å². The number of aliphatic hydroxyl groups is 2. The molecule has 0 aromatic heterocycles. The van der Waals surface area contributed by atoms with Crippen molar-refractivity contribution in [3.05, 3.63) is 70.2 Å². The largest absolute Gasteiger partial charge is 0.507 e. The Bertz CT molecular complexity index is 1720. The number of fused-ring (bicyclic) bond motifs is 14. The maximum atomic E-state index is 13.9. The summed E-state index contributed by atoms with van der Waals surface area (Å²) in [4.78, 5) is 66.2. The molecule has 1 aliphatic carbocycles. The minimum absolute atomic E-state index is 0.00885. The average Bonchev–Trinajstić information content (AvgIpc) is 3.33. The van der Waals surface area contributed by atoms with Crippen LogP contribution < -0.4 is 10.1 Å². The van der Waals surface area contributed by atoms with Gasteiger partial charge in [0.25, 0.3) is 11.7 Å². The monoisotopic (exact) mass is 695 g/mol. The van der Waals surface area contributed by atoms with Gasteiger partial charge in [0.05, 0.1) is 47.0 Å². The molecule has 13 nitrogen and oxygen atoms in total. The van der Waals surface area contributed by atoms with Crippen LogP contribution >= 0.6 is 0 Å². The van der Waals surface area contributed by atoms with Crippen LogP contribution in [-0.2, 0) is 23.8 Å². The predicted molar refractivity (Wildman–Crippen MR) is 179 cm³/mol.